The molecule has 6 heteroatoms. The Balaban J connectivity index is 1.44. The van der Waals surface area contributed by atoms with Crippen LogP contribution in [0.25, 0.3) is 0 Å². The minimum atomic E-state index is -0.622. The molecule has 2 saturated heterocycles. The molecule has 29 heavy (non-hydrogen) atoms. The highest BCUT2D eigenvalue weighted by atomic mass is 16.7. The fraction of sp³-hybridized carbons (Fsp3) is 0.348. The van der Waals surface area contributed by atoms with E-state index in [0.29, 0.717) is 24.1 Å². The lowest BCUT2D eigenvalue weighted by molar-refractivity contribution is -0.174. The van der Waals surface area contributed by atoms with E-state index in [-0.39, 0.29) is 18.8 Å². The van der Waals surface area contributed by atoms with Gasteiger partial charge >= 0.3 is 6.09 Å². The molecule has 150 valence electrons. The zero-order valence-electron chi connectivity index (χ0n) is 16.2. The van der Waals surface area contributed by atoms with Gasteiger partial charge in [-0.3, -0.25) is 9.59 Å². The van der Waals surface area contributed by atoms with Crippen molar-refractivity contribution in [1.82, 2.24) is 9.96 Å². The van der Waals surface area contributed by atoms with E-state index in [0.717, 1.165) is 12.8 Å². The molecule has 2 fully saturated rings. The lowest BCUT2D eigenvalue weighted by Crippen LogP contribution is -2.44. The van der Waals surface area contributed by atoms with Crippen molar-refractivity contribution < 1.29 is 19.2 Å². The largest absolute Gasteiger partial charge is 0.434 e. The second kappa shape index (κ2) is 8.47. The number of rotatable bonds is 4. The number of amides is 3. The number of hydrogen-bond acceptors (Lipinski definition) is 4. The van der Waals surface area contributed by atoms with Gasteiger partial charge in [0.25, 0.3) is 11.8 Å². The van der Waals surface area contributed by atoms with Gasteiger partial charge in [0.05, 0.1) is 0 Å². The molecule has 0 aromatic heterocycles. The van der Waals surface area contributed by atoms with Gasteiger partial charge in [0, 0.05) is 31.8 Å². The van der Waals surface area contributed by atoms with E-state index in [9.17, 15) is 14.4 Å². The van der Waals surface area contributed by atoms with Gasteiger partial charge < -0.3 is 9.74 Å². The van der Waals surface area contributed by atoms with Gasteiger partial charge in [-0.15, -0.1) is 5.06 Å². The SMILES string of the molecule is O=C(ON1C(=O)CCC1=O)N1CCC(C(c2ccccc2)c2ccccc2)CC1. The van der Waals surface area contributed by atoms with Crippen molar-refractivity contribution >= 4 is 17.9 Å². The predicted molar refractivity (Wildman–Crippen MR) is 107 cm³/mol. The maximum Gasteiger partial charge on any atom is 0.434 e. The van der Waals surface area contributed by atoms with Crippen molar-refractivity contribution in [3.8, 4) is 0 Å². The number of carbonyl (C=O) groups is 3. The van der Waals surface area contributed by atoms with Crippen LogP contribution in [0.3, 0.4) is 0 Å². The molecule has 0 N–H and O–H groups in total. The first-order chi connectivity index (χ1) is 14.1. The number of hydroxylamine groups is 2. The normalized spacial score (nSPS) is 17.8. The molecule has 0 bridgehead atoms. The molecule has 4 rings (SSSR count). The van der Waals surface area contributed by atoms with Crippen LogP contribution in [0.5, 0.6) is 0 Å². The molecule has 0 spiro atoms. The third kappa shape index (κ3) is 4.16. The van der Waals surface area contributed by atoms with Crippen molar-refractivity contribution in [2.24, 2.45) is 5.92 Å². The molecular weight excluding hydrogens is 368 g/mol. The zero-order valence-corrected chi connectivity index (χ0v) is 16.2. The number of hydrogen-bond donors (Lipinski definition) is 0. The Hall–Kier alpha value is -3.15. The number of carbonyl (C=O) groups excluding carboxylic acids is 3. The van der Waals surface area contributed by atoms with E-state index in [1.54, 1.807) is 4.90 Å². The lowest BCUT2D eigenvalue weighted by Gasteiger charge is -2.36. The van der Waals surface area contributed by atoms with E-state index < -0.39 is 17.9 Å². The van der Waals surface area contributed by atoms with E-state index in [1.165, 1.54) is 11.1 Å². The van der Waals surface area contributed by atoms with E-state index in [4.69, 9.17) is 4.84 Å². The van der Waals surface area contributed by atoms with Crippen LogP contribution in [0.1, 0.15) is 42.7 Å². The van der Waals surface area contributed by atoms with E-state index in [1.807, 2.05) is 12.1 Å². The van der Waals surface area contributed by atoms with Gasteiger partial charge in [-0.05, 0) is 29.9 Å². The van der Waals surface area contributed by atoms with Gasteiger partial charge in [-0.2, -0.15) is 0 Å². The van der Waals surface area contributed by atoms with Crippen LogP contribution in [-0.2, 0) is 14.4 Å². The van der Waals surface area contributed by atoms with Crippen molar-refractivity contribution in [3.63, 3.8) is 0 Å². The highest BCUT2D eigenvalue weighted by Crippen LogP contribution is 2.38. The lowest BCUT2D eigenvalue weighted by atomic mass is 9.76. The van der Waals surface area contributed by atoms with Gasteiger partial charge in [-0.1, -0.05) is 60.7 Å². The Labute approximate surface area is 170 Å². The first-order valence-electron chi connectivity index (χ1n) is 10.1. The Morgan fingerprint density at radius 1 is 0.828 bits per heavy atom. The molecule has 2 aromatic rings. The van der Waals surface area contributed by atoms with Crippen LogP contribution >= 0.6 is 0 Å². The summed E-state index contributed by atoms with van der Waals surface area (Å²) in [4.78, 5) is 42.4. The number of likely N-dealkylation sites (tertiary alicyclic amines) is 1. The number of piperidine rings is 1. The number of benzene rings is 2. The highest BCUT2D eigenvalue weighted by Gasteiger charge is 2.36. The van der Waals surface area contributed by atoms with Crippen LogP contribution in [0.15, 0.2) is 60.7 Å². The fourth-order valence-corrected chi connectivity index (χ4v) is 4.27. The van der Waals surface area contributed by atoms with Gasteiger partial charge in [0.1, 0.15) is 0 Å². The first kappa shape index (κ1) is 19.2. The minimum Gasteiger partial charge on any atom is -0.311 e. The number of imide groups is 1. The third-order valence-corrected chi connectivity index (χ3v) is 5.76. The summed E-state index contributed by atoms with van der Waals surface area (Å²) in [5.41, 5.74) is 2.54. The summed E-state index contributed by atoms with van der Waals surface area (Å²) in [5.74, 6) is -0.255. The van der Waals surface area contributed by atoms with Crippen molar-refractivity contribution in [2.45, 2.75) is 31.6 Å². The average molecular weight is 392 g/mol. The Morgan fingerprint density at radius 2 is 1.31 bits per heavy atom. The van der Waals surface area contributed by atoms with Crippen LogP contribution in [0.2, 0.25) is 0 Å². The molecule has 0 aliphatic carbocycles. The molecule has 0 saturated carbocycles. The Morgan fingerprint density at radius 3 is 1.79 bits per heavy atom. The van der Waals surface area contributed by atoms with Crippen molar-refractivity contribution in [1.29, 1.82) is 0 Å². The molecule has 0 radical (unpaired) electrons. The summed E-state index contributed by atoms with van der Waals surface area (Å²) in [7, 11) is 0. The maximum atomic E-state index is 12.4. The second-order valence-electron chi connectivity index (χ2n) is 7.56. The van der Waals surface area contributed by atoms with Gasteiger partial charge in [0.2, 0.25) is 0 Å². The smallest absolute Gasteiger partial charge is 0.311 e. The summed E-state index contributed by atoms with van der Waals surface area (Å²) in [6, 6.07) is 20.9. The van der Waals surface area contributed by atoms with E-state index in [2.05, 4.69) is 48.5 Å². The molecule has 3 amide bonds. The van der Waals surface area contributed by atoms with Gasteiger partial charge in [0.15, 0.2) is 0 Å². The minimum absolute atomic E-state index is 0.101. The fourth-order valence-electron chi connectivity index (χ4n) is 4.27. The molecule has 2 heterocycles. The number of nitrogens with zero attached hydrogens (tertiary/aromatic N) is 2. The van der Waals surface area contributed by atoms with Crippen molar-refractivity contribution in [2.75, 3.05) is 13.1 Å². The summed E-state index contributed by atoms with van der Waals surface area (Å²) < 4.78 is 0. The Bertz CT molecular complexity index is 821. The Kier molecular flexibility index (Phi) is 5.60. The summed E-state index contributed by atoms with van der Waals surface area (Å²) in [6.07, 6.45) is 1.23. The molecule has 0 atom stereocenters. The third-order valence-electron chi connectivity index (χ3n) is 5.76. The average Bonchev–Trinajstić information content (AvgIpc) is 3.08. The van der Waals surface area contributed by atoms with Crippen LogP contribution in [-0.4, -0.2) is 41.0 Å². The molecule has 2 aliphatic rings. The standard InChI is InChI=1S/C23H24N2O4/c26-20-11-12-21(27)25(20)29-23(28)24-15-13-19(14-16-24)22(17-7-3-1-4-8-17)18-9-5-2-6-10-18/h1-10,19,22H,11-16H2. The van der Waals surface area contributed by atoms with Gasteiger partial charge in [-0.25, -0.2) is 4.79 Å². The van der Waals surface area contributed by atoms with Crippen LogP contribution in [0, 0.1) is 5.92 Å². The molecular formula is C23H24N2O4. The summed E-state index contributed by atoms with van der Waals surface area (Å²) in [6.45, 7) is 1.08. The first-order valence-corrected chi connectivity index (χ1v) is 10.1. The summed E-state index contributed by atoms with van der Waals surface area (Å²) >= 11 is 0. The molecule has 2 aromatic carbocycles. The highest BCUT2D eigenvalue weighted by molar-refractivity contribution is 6.01. The van der Waals surface area contributed by atoms with Crippen molar-refractivity contribution in [3.05, 3.63) is 71.8 Å². The van der Waals surface area contributed by atoms with Crippen LogP contribution in [0.4, 0.5) is 4.79 Å². The van der Waals surface area contributed by atoms with E-state index >= 15 is 0 Å². The maximum absolute atomic E-state index is 12.4. The predicted octanol–water partition coefficient (Wildman–Crippen LogP) is 3.73. The summed E-state index contributed by atoms with van der Waals surface area (Å²) in [5, 5.41) is 0.616. The second-order valence-corrected chi connectivity index (χ2v) is 7.56. The molecule has 0 unspecified atom stereocenters. The quantitative estimate of drug-likeness (QED) is 0.744. The molecule has 6 nitrogen and oxygen atoms in total. The topological polar surface area (TPSA) is 66.9 Å². The molecule has 2 aliphatic heterocycles. The zero-order chi connectivity index (χ0) is 20.2. The van der Waals surface area contributed by atoms with Crippen LogP contribution < -0.4 is 0 Å². The monoisotopic (exact) mass is 392 g/mol.